The van der Waals surface area contributed by atoms with E-state index in [1.165, 1.54) is 32.9 Å². The van der Waals surface area contributed by atoms with Crippen LogP contribution in [0.1, 0.15) is 31.0 Å². The summed E-state index contributed by atoms with van der Waals surface area (Å²) in [5.41, 5.74) is 5.42. The van der Waals surface area contributed by atoms with E-state index in [9.17, 15) is 0 Å². The molecule has 3 aromatic rings. The molecule has 2 aromatic carbocycles. The van der Waals surface area contributed by atoms with Crippen LogP contribution in [0.3, 0.4) is 0 Å². The maximum absolute atomic E-state index is 2.45. The second kappa shape index (κ2) is 3.88. The minimum atomic E-state index is 0.480. The maximum atomic E-state index is 2.45. The summed E-state index contributed by atoms with van der Waals surface area (Å²) in [6.45, 7) is 8.90. The molecule has 1 heterocycles. The summed E-state index contributed by atoms with van der Waals surface area (Å²) in [5.74, 6) is 0. The molecule has 1 aromatic heterocycles. The lowest BCUT2D eigenvalue weighted by atomic mass is 10.1. The van der Waals surface area contributed by atoms with Gasteiger partial charge in [-0.15, -0.1) is 0 Å². The standard InChI is InChI=1S/C17H19N/c1-11(2)18-15-8-6-5-7-14(15)17-13(4)9-12(3)10-16(17)18/h5-11H,1-4H3. The van der Waals surface area contributed by atoms with E-state index in [1.54, 1.807) is 0 Å². The molecule has 0 atom stereocenters. The second-order valence-corrected chi connectivity index (χ2v) is 5.46. The largest absolute Gasteiger partial charge is 0.338 e. The first-order valence-corrected chi connectivity index (χ1v) is 6.59. The zero-order valence-corrected chi connectivity index (χ0v) is 11.5. The van der Waals surface area contributed by atoms with Gasteiger partial charge in [0.05, 0.1) is 0 Å². The fraction of sp³-hybridized carbons (Fsp3) is 0.294. The van der Waals surface area contributed by atoms with Crippen molar-refractivity contribution in [3.8, 4) is 0 Å². The number of hydrogen-bond donors (Lipinski definition) is 0. The molecule has 0 N–H and O–H groups in total. The van der Waals surface area contributed by atoms with E-state index in [4.69, 9.17) is 0 Å². The van der Waals surface area contributed by atoms with Gasteiger partial charge in [0.25, 0.3) is 0 Å². The molecular weight excluding hydrogens is 218 g/mol. The predicted octanol–water partition coefficient (Wildman–Crippen LogP) is 4.99. The Bertz CT molecular complexity index is 732. The van der Waals surface area contributed by atoms with Crippen LogP contribution < -0.4 is 0 Å². The van der Waals surface area contributed by atoms with E-state index in [1.807, 2.05) is 0 Å². The van der Waals surface area contributed by atoms with Crippen LogP contribution in [0, 0.1) is 13.8 Å². The van der Waals surface area contributed by atoms with Crippen LogP contribution in [0.15, 0.2) is 36.4 Å². The van der Waals surface area contributed by atoms with Crippen LogP contribution in [0.2, 0.25) is 0 Å². The van der Waals surface area contributed by atoms with Crippen molar-refractivity contribution in [1.82, 2.24) is 4.57 Å². The molecule has 92 valence electrons. The van der Waals surface area contributed by atoms with Gasteiger partial charge in [0.2, 0.25) is 0 Å². The van der Waals surface area contributed by atoms with E-state index in [2.05, 4.69) is 68.7 Å². The van der Waals surface area contributed by atoms with Crippen molar-refractivity contribution in [2.75, 3.05) is 0 Å². The average Bonchev–Trinajstić information content (AvgIpc) is 2.62. The molecule has 0 aliphatic heterocycles. The molecule has 0 fully saturated rings. The smallest absolute Gasteiger partial charge is 0.0499 e. The highest BCUT2D eigenvalue weighted by Crippen LogP contribution is 2.34. The van der Waals surface area contributed by atoms with Crippen LogP contribution >= 0.6 is 0 Å². The minimum absolute atomic E-state index is 0.480. The molecule has 3 rings (SSSR count). The van der Waals surface area contributed by atoms with Gasteiger partial charge in [-0.2, -0.15) is 0 Å². The molecule has 0 spiro atoms. The van der Waals surface area contributed by atoms with Crippen LogP contribution in [-0.4, -0.2) is 4.57 Å². The molecule has 18 heavy (non-hydrogen) atoms. The van der Waals surface area contributed by atoms with E-state index in [0.29, 0.717) is 6.04 Å². The highest BCUT2D eigenvalue weighted by Gasteiger charge is 2.14. The number of benzene rings is 2. The molecule has 0 bridgehead atoms. The van der Waals surface area contributed by atoms with Gasteiger partial charge >= 0.3 is 0 Å². The van der Waals surface area contributed by atoms with E-state index < -0.39 is 0 Å². The van der Waals surface area contributed by atoms with Gasteiger partial charge in [-0.3, -0.25) is 0 Å². The third-order valence-electron chi connectivity index (χ3n) is 3.67. The first kappa shape index (κ1) is 11.3. The summed E-state index contributed by atoms with van der Waals surface area (Å²) in [6.07, 6.45) is 0. The zero-order valence-electron chi connectivity index (χ0n) is 11.5. The highest BCUT2D eigenvalue weighted by molar-refractivity contribution is 6.09. The summed E-state index contributed by atoms with van der Waals surface area (Å²) in [6, 6.07) is 13.8. The Morgan fingerprint density at radius 2 is 1.67 bits per heavy atom. The second-order valence-electron chi connectivity index (χ2n) is 5.46. The van der Waals surface area contributed by atoms with Crippen LogP contribution in [-0.2, 0) is 0 Å². The minimum Gasteiger partial charge on any atom is -0.338 e. The number of rotatable bonds is 1. The molecule has 0 amide bonds. The molecule has 0 aliphatic rings. The fourth-order valence-corrected chi connectivity index (χ4v) is 3.07. The van der Waals surface area contributed by atoms with E-state index >= 15 is 0 Å². The zero-order chi connectivity index (χ0) is 12.9. The highest BCUT2D eigenvalue weighted by atomic mass is 15.0. The van der Waals surface area contributed by atoms with Crippen LogP contribution in [0.4, 0.5) is 0 Å². The van der Waals surface area contributed by atoms with Crippen LogP contribution in [0.25, 0.3) is 21.8 Å². The summed E-state index contributed by atoms with van der Waals surface area (Å²) < 4.78 is 2.45. The van der Waals surface area contributed by atoms with Crippen molar-refractivity contribution in [3.63, 3.8) is 0 Å². The Morgan fingerprint density at radius 1 is 0.944 bits per heavy atom. The molecule has 0 saturated heterocycles. The van der Waals surface area contributed by atoms with Crippen molar-refractivity contribution in [3.05, 3.63) is 47.5 Å². The Balaban J connectivity index is 2.62. The van der Waals surface area contributed by atoms with Gasteiger partial charge in [-0.05, 0) is 51.0 Å². The molecule has 0 saturated carbocycles. The Morgan fingerprint density at radius 3 is 2.39 bits per heavy atom. The monoisotopic (exact) mass is 237 g/mol. The van der Waals surface area contributed by atoms with Gasteiger partial charge in [-0.1, -0.05) is 24.3 Å². The van der Waals surface area contributed by atoms with Gasteiger partial charge in [-0.25, -0.2) is 0 Å². The summed E-state index contributed by atoms with van der Waals surface area (Å²) in [5, 5.41) is 2.78. The number of hydrogen-bond acceptors (Lipinski definition) is 0. The number of fused-ring (bicyclic) bond motifs is 3. The van der Waals surface area contributed by atoms with Gasteiger partial charge in [0, 0.05) is 27.8 Å². The molecule has 0 aliphatic carbocycles. The molecule has 0 unspecified atom stereocenters. The van der Waals surface area contributed by atoms with E-state index in [-0.39, 0.29) is 0 Å². The summed E-state index contributed by atoms with van der Waals surface area (Å²) in [4.78, 5) is 0. The number of para-hydroxylation sites is 1. The number of aromatic nitrogens is 1. The van der Waals surface area contributed by atoms with Crippen molar-refractivity contribution in [2.24, 2.45) is 0 Å². The van der Waals surface area contributed by atoms with E-state index in [0.717, 1.165) is 0 Å². The number of nitrogens with zero attached hydrogens (tertiary/aromatic N) is 1. The lowest BCUT2D eigenvalue weighted by Crippen LogP contribution is -1.99. The maximum Gasteiger partial charge on any atom is 0.0499 e. The molecular formula is C17H19N. The van der Waals surface area contributed by atoms with Crippen LogP contribution in [0.5, 0.6) is 0 Å². The molecule has 0 radical (unpaired) electrons. The first-order valence-electron chi connectivity index (χ1n) is 6.59. The summed E-state index contributed by atoms with van der Waals surface area (Å²) >= 11 is 0. The Hall–Kier alpha value is -1.76. The topological polar surface area (TPSA) is 4.93 Å². The normalized spacial score (nSPS) is 11.8. The fourth-order valence-electron chi connectivity index (χ4n) is 3.07. The SMILES string of the molecule is Cc1cc(C)c2c3ccccc3n(C(C)C)c2c1. The third-order valence-corrected chi connectivity index (χ3v) is 3.67. The van der Waals surface area contributed by atoms with Gasteiger partial charge in [0.1, 0.15) is 0 Å². The quantitative estimate of drug-likeness (QED) is 0.561. The summed E-state index contributed by atoms with van der Waals surface area (Å²) in [7, 11) is 0. The first-order chi connectivity index (χ1) is 8.59. The third kappa shape index (κ3) is 1.47. The van der Waals surface area contributed by atoms with Crippen molar-refractivity contribution in [2.45, 2.75) is 33.7 Å². The van der Waals surface area contributed by atoms with Crippen molar-refractivity contribution < 1.29 is 0 Å². The predicted molar refractivity (Wildman–Crippen MR) is 79.3 cm³/mol. The van der Waals surface area contributed by atoms with Crippen molar-refractivity contribution >= 4 is 21.8 Å². The lowest BCUT2D eigenvalue weighted by molar-refractivity contribution is 0.642. The Kier molecular flexibility index (Phi) is 2.44. The average molecular weight is 237 g/mol. The lowest BCUT2D eigenvalue weighted by Gasteiger charge is -2.12. The van der Waals surface area contributed by atoms with Gasteiger partial charge < -0.3 is 4.57 Å². The van der Waals surface area contributed by atoms with Crippen molar-refractivity contribution in [1.29, 1.82) is 0 Å². The van der Waals surface area contributed by atoms with Gasteiger partial charge in [0.15, 0.2) is 0 Å². The molecule has 1 nitrogen and oxygen atoms in total. The molecule has 1 heteroatoms. The Labute approximate surface area is 108 Å². The number of aryl methyl sites for hydroxylation is 2.